The van der Waals surface area contributed by atoms with Gasteiger partial charge in [-0.05, 0) is 23.3 Å². The summed E-state index contributed by atoms with van der Waals surface area (Å²) in [5.41, 5.74) is 4.47. The molecule has 1 aliphatic heterocycles. The zero-order chi connectivity index (χ0) is 14.2. The van der Waals surface area contributed by atoms with Crippen molar-refractivity contribution in [2.24, 2.45) is 0 Å². The van der Waals surface area contributed by atoms with Crippen molar-refractivity contribution >= 4 is 21.4 Å². The van der Waals surface area contributed by atoms with Crippen molar-refractivity contribution in [3.8, 4) is 0 Å². The first-order chi connectivity index (χ1) is 9.57. The second-order valence-corrected chi connectivity index (χ2v) is 7.43. The van der Waals surface area contributed by atoms with Gasteiger partial charge in [0.1, 0.15) is 0 Å². The van der Waals surface area contributed by atoms with Crippen LogP contribution in [0.5, 0.6) is 0 Å². The standard InChI is InChI=1S/C13H14N2O3S2/c1-15(5-12-8-19-9-14-12)20(16,17)13-3-2-10-6-18-7-11(10)4-13/h2-4,8-9H,5-7H2,1H3. The lowest BCUT2D eigenvalue weighted by atomic mass is 10.1. The molecular formula is C13H14N2O3S2. The predicted octanol–water partition coefficient (Wildman–Crippen LogP) is 1.99. The van der Waals surface area contributed by atoms with E-state index in [9.17, 15) is 8.42 Å². The molecule has 1 aliphatic rings. The Morgan fingerprint density at radius 2 is 2.15 bits per heavy atom. The first-order valence-corrected chi connectivity index (χ1v) is 8.48. The average Bonchev–Trinajstić information content (AvgIpc) is 3.07. The minimum absolute atomic E-state index is 0.277. The number of aromatic nitrogens is 1. The summed E-state index contributed by atoms with van der Waals surface area (Å²) in [5.74, 6) is 0. The molecule has 1 aromatic heterocycles. The summed E-state index contributed by atoms with van der Waals surface area (Å²) in [6.07, 6.45) is 0. The maximum Gasteiger partial charge on any atom is 0.243 e. The lowest BCUT2D eigenvalue weighted by Crippen LogP contribution is -2.26. The Balaban J connectivity index is 1.87. The summed E-state index contributed by atoms with van der Waals surface area (Å²) in [6, 6.07) is 5.17. The molecule has 2 aromatic rings. The molecule has 0 atom stereocenters. The minimum atomic E-state index is -3.49. The Labute approximate surface area is 121 Å². The van der Waals surface area contributed by atoms with Crippen molar-refractivity contribution in [3.05, 3.63) is 45.9 Å². The molecule has 0 unspecified atom stereocenters. The van der Waals surface area contributed by atoms with E-state index in [1.54, 1.807) is 24.7 Å². The monoisotopic (exact) mass is 310 g/mol. The molecule has 0 N–H and O–H groups in total. The maximum absolute atomic E-state index is 12.5. The summed E-state index contributed by atoms with van der Waals surface area (Å²) in [5, 5.41) is 1.85. The highest BCUT2D eigenvalue weighted by atomic mass is 32.2. The second-order valence-electron chi connectivity index (χ2n) is 4.66. The van der Waals surface area contributed by atoms with Crippen LogP contribution in [0.25, 0.3) is 0 Å². The van der Waals surface area contributed by atoms with Crippen molar-refractivity contribution in [2.75, 3.05) is 7.05 Å². The molecule has 0 spiro atoms. The molecule has 106 valence electrons. The van der Waals surface area contributed by atoms with Gasteiger partial charge in [0.05, 0.1) is 35.9 Å². The van der Waals surface area contributed by atoms with Gasteiger partial charge in [0, 0.05) is 12.4 Å². The summed E-state index contributed by atoms with van der Waals surface area (Å²) < 4.78 is 31.7. The molecule has 0 fully saturated rings. The van der Waals surface area contributed by atoms with Gasteiger partial charge in [-0.1, -0.05) is 6.07 Å². The Morgan fingerprint density at radius 3 is 2.90 bits per heavy atom. The lowest BCUT2D eigenvalue weighted by molar-refractivity contribution is 0.134. The SMILES string of the molecule is CN(Cc1cscn1)S(=O)(=O)c1ccc2c(c1)COC2. The van der Waals surface area contributed by atoms with Crippen LogP contribution in [-0.4, -0.2) is 24.8 Å². The fraction of sp³-hybridized carbons (Fsp3) is 0.308. The number of ether oxygens (including phenoxy) is 1. The number of sulfonamides is 1. The van der Waals surface area contributed by atoms with Crippen LogP contribution in [0.4, 0.5) is 0 Å². The van der Waals surface area contributed by atoms with E-state index in [1.165, 1.54) is 15.6 Å². The van der Waals surface area contributed by atoms with Crippen molar-refractivity contribution in [1.82, 2.24) is 9.29 Å². The Kier molecular flexibility index (Phi) is 3.59. The Hall–Kier alpha value is -1.28. The molecule has 2 heterocycles. The van der Waals surface area contributed by atoms with Crippen molar-refractivity contribution in [2.45, 2.75) is 24.7 Å². The van der Waals surface area contributed by atoms with Gasteiger partial charge < -0.3 is 4.74 Å². The molecule has 7 heteroatoms. The number of nitrogens with zero attached hydrogens (tertiary/aromatic N) is 2. The third-order valence-electron chi connectivity index (χ3n) is 3.27. The molecule has 5 nitrogen and oxygen atoms in total. The van der Waals surface area contributed by atoms with Gasteiger partial charge in [-0.2, -0.15) is 4.31 Å². The number of thiazole rings is 1. The molecular weight excluding hydrogens is 296 g/mol. The Morgan fingerprint density at radius 1 is 1.35 bits per heavy atom. The molecule has 0 saturated carbocycles. The van der Waals surface area contributed by atoms with E-state index in [0.29, 0.717) is 18.1 Å². The van der Waals surface area contributed by atoms with Gasteiger partial charge >= 0.3 is 0 Å². The summed E-state index contributed by atoms with van der Waals surface area (Å²) in [7, 11) is -1.93. The fourth-order valence-corrected chi connectivity index (χ4v) is 3.86. The van der Waals surface area contributed by atoms with Crippen molar-refractivity contribution in [3.63, 3.8) is 0 Å². The highest BCUT2D eigenvalue weighted by molar-refractivity contribution is 7.89. The zero-order valence-electron chi connectivity index (χ0n) is 10.9. The molecule has 0 saturated heterocycles. The number of fused-ring (bicyclic) bond motifs is 1. The van der Waals surface area contributed by atoms with Gasteiger partial charge in [-0.25, -0.2) is 13.4 Å². The average molecular weight is 310 g/mol. The van der Waals surface area contributed by atoms with Crippen LogP contribution in [-0.2, 0) is 34.5 Å². The van der Waals surface area contributed by atoms with Crippen LogP contribution in [0.3, 0.4) is 0 Å². The molecule has 0 bridgehead atoms. The molecule has 0 amide bonds. The van der Waals surface area contributed by atoms with Gasteiger partial charge in [0.2, 0.25) is 10.0 Å². The number of hydrogen-bond acceptors (Lipinski definition) is 5. The van der Waals surface area contributed by atoms with Gasteiger partial charge in [0.25, 0.3) is 0 Å². The van der Waals surface area contributed by atoms with Crippen LogP contribution >= 0.6 is 11.3 Å². The van der Waals surface area contributed by atoms with Crippen LogP contribution in [0.2, 0.25) is 0 Å². The first-order valence-electron chi connectivity index (χ1n) is 6.10. The molecule has 0 aliphatic carbocycles. The van der Waals surface area contributed by atoms with Crippen LogP contribution in [0.1, 0.15) is 16.8 Å². The largest absolute Gasteiger partial charge is 0.372 e. The molecule has 20 heavy (non-hydrogen) atoms. The summed E-state index contributed by atoms with van der Waals surface area (Å²) >= 11 is 1.46. The molecule has 3 rings (SSSR count). The van der Waals surface area contributed by atoms with E-state index >= 15 is 0 Å². The van der Waals surface area contributed by atoms with Crippen LogP contribution < -0.4 is 0 Å². The number of rotatable bonds is 4. The van der Waals surface area contributed by atoms with Gasteiger partial charge in [-0.15, -0.1) is 11.3 Å². The highest BCUT2D eigenvalue weighted by Crippen LogP contribution is 2.25. The van der Waals surface area contributed by atoms with Crippen LogP contribution in [0, 0.1) is 0 Å². The quantitative estimate of drug-likeness (QED) is 0.866. The third kappa shape index (κ3) is 2.49. The normalized spacial score (nSPS) is 14.7. The summed E-state index contributed by atoms with van der Waals surface area (Å²) in [4.78, 5) is 4.42. The second kappa shape index (κ2) is 5.25. The zero-order valence-corrected chi connectivity index (χ0v) is 12.6. The topological polar surface area (TPSA) is 59.5 Å². The lowest BCUT2D eigenvalue weighted by Gasteiger charge is -2.16. The first kappa shape index (κ1) is 13.7. The predicted molar refractivity (Wildman–Crippen MR) is 75.7 cm³/mol. The van der Waals surface area contributed by atoms with E-state index in [4.69, 9.17) is 4.74 Å². The number of benzene rings is 1. The fourth-order valence-electron chi connectivity index (χ4n) is 2.12. The minimum Gasteiger partial charge on any atom is -0.372 e. The van der Waals surface area contributed by atoms with E-state index in [2.05, 4.69) is 4.98 Å². The van der Waals surface area contributed by atoms with E-state index in [1.807, 2.05) is 11.4 Å². The Bertz CT molecular complexity index is 711. The van der Waals surface area contributed by atoms with E-state index in [0.717, 1.165) is 16.8 Å². The van der Waals surface area contributed by atoms with E-state index < -0.39 is 10.0 Å². The summed E-state index contributed by atoms with van der Waals surface area (Å²) in [6.45, 7) is 1.32. The smallest absolute Gasteiger partial charge is 0.243 e. The van der Waals surface area contributed by atoms with E-state index in [-0.39, 0.29) is 6.54 Å². The maximum atomic E-state index is 12.5. The van der Waals surface area contributed by atoms with Crippen LogP contribution in [0.15, 0.2) is 34.0 Å². The highest BCUT2D eigenvalue weighted by Gasteiger charge is 2.23. The third-order valence-corrected chi connectivity index (χ3v) is 5.70. The van der Waals surface area contributed by atoms with Gasteiger partial charge in [0.15, 0.2) is 0 Å². The molecule has 0 radical (unpaired) electrons. The van der Waals surface area contributed by atoms with Crippen molar-refractivity contribution in [1.29, 1.82) is 0 Å². The van der Waals surface area contributed by atoms with Crippen molar-refractivity contribution < 1.29 is 13.2 Å². The number of hydrogen-bond donors (Lipinski definition) is 0. The molecule has 1 aromatic carbocycles. The van der Waals surface area contributed by atoms with Gasteiger partial charge in [-0.3, -0.25) is 0 Å².